The lowest BCUT2D eigenvalue weighted by Gasteiger charge is -2.11. The third-order valence-electron chi connectivity index (χ3n) is 3.30. The summed E-state index contributed by atoms with van der Waals surface area (Å²) in [7, 11) is -3.42. The highest BCUT2D eigenvalue weighted by atomic mass is 32.2. The Hall–Kier alpha value is -1.07. The minimum Gasteiger partial charge on any atom is -0.399 e. The number of hydrogen-bond donors (Lipinski definition) is 2. The fourth-order valence-electron chi connectivity index (χ4n) is 2.00. The van der Waals surface area contributed by atoms with E-state index in [9.17, 15) is 8.42 Å². The molecule has 18 heavy (non-hydrogen) atoms. The second-order valence-electron chi connectivity index (χ2n) is 4.85. The van der Waals surface area contributed by atoms with Gasteiger partial charge in [-0.25, -0.2) is 13.1 Å². The van der Waals surface area contributed by atoms with E-state index >= 15 is 0 Å². The van der Waals surface area contributed by atoms with E-state index in [4.69, 9.17) is 5.73 Å². The van der Waals surface area contributed by atoms with E-state index in [0.29, 0.717) is 23.5 Å². The van der Waals surface area contributed by atoms with Gasteiger partial charge in [0, 0.05) is 12.2 Å². The summed E-state index contributed by atoms with van der Waals surface area (Å²) < 4.78 is 27.1. The monoisotopic (exact) mass is 268 g/mol. The van der Waals surface area contributed by atoms with Crippen LogP contribution in [0.3, 0.4) is 0 Å². The lowest BCUT2D eigenvalue weighted by molar-refractivity contribution is 0.574. The topological polar surface area (TPSA) is 72.2 Å². The first-order valence-electron chi connectivity index (χ1n) is 6.41. The third kappa shape index (κ3) is 3.23. The largest absolute Gasteiger partial charge is 0.399 e. The number of rotatable bonds is 6. The molecule has 5 heteroatoms. The molecule has 0 aromatic heterocycles. The van der Waals surface area contributed by atoms with Gasteiger partial charge in [0.25, 0.3) is 0 Å². The summed E-state index contributed by atoms with van der Waals surface area (Å²) in [6.07, 6.45) is 4.09. The highest BCUT2D eigenvalue weighted by Crippen LogP contribution is 2.31. The first-order valence-corrected chi connectivity index (χ1v) is 7.89. The summed E-state index contributed by atoms with van der Waals surface area (Å²) in [5.41, 5.74) is 6.96. The van der Waals surface area contributed by atoms with Gasteiger partial charge in [0.15, 0.2) is 0 Å². The Morgan fingerprint density at radius 3 is 2.72 bits per heavy atom. The molecule has 0 atom stereocenters. The molecule has 0 saturated heterocycles. The quantitative estimate of drug-likeness (QED) is 0.774. The summed E-state index contributed by atoms with van der Waals surface area (Å²) in [6.45, 7) is 2.46. The molecule has 1 aliphatic carbocycles. The molecule has 1 aliphatic rings. The van der Waals surface area contributed by atoms with E-state index in [1.54, 1.807) is 12.1 Å². The maximum absolute atomic E-state index is 12.2. The van der Waals surface area contributed by atoms with Crippen molar-refractivity contribution in [3.63, 3.8) is 0 Å². The molecule has 1 aromatic rings. The minimum absolute atomic E-state index is 0.320. The number of anilines is 1. The van der Waals surface area contributed by atoms with E-state index in [1.807, 2.05) is 6.92 Å². The Bertz CT molecular complexity index is 522. The van der Waals surface area contributed by atoms with Crippen LogP contribution in [0.25, 0.3) is 0 Å². The van der Waals surface area contributed by atoms with Crippen LogP contribution in [0.5, 0.6) is 0 Å². The average molecular weight is 268 g/mol. The maximum atomic E-state index is 12.2. The Morgan fingerprint density at radius 1 is 1.39 bits per heavy atom. The number of benzene rings is 1. The van der Waals surface area contributed by atoms with Gasteiger partial charge in [-0.15, -0.1) is 0 Å². The molecule has 0 heterocycles. The zero-order valence-electron chi connectivity index (χ0n) is 10.6. The Balaban J connectivity index is 2.13. The standard InChI is InChI=1S/C13H20N2O2S/c1-2-11-5-6-12(14)9-13(11)18(16,17)15-8-7-10-3-4-10/h5-6,9-10,15H,2-4,7-8,14H2,1H3. The SMILES string of the molecule is CCc1ccc(N)cc1S(=O)(=O)NCCC1CC1. The van der Waals surface area contributed by atoms with E-state index in [2.05, 4.69) is 4.72 Å². The normalized spacial score (nSPS) is 15.8. The van der Waals surface area contributed by atoms with Crippen LogP contribution in [-0.4, -0.2) is 15.0 Å². The lowest BCUT2D eigenvalue weighted by Crippen LogP contribution is -2.26. The lowest BCUT2D eigenvalue weighted by atomic mass is 10.1. The summed E-state index contributed by atoms with van der Waals surface area (Å²) in [5, 5.41) is 0. The van der Waals surface area contributed by atoms with E-state index < -0.39 is 10.0 Å². The van der Waals surface area contributed by atoms with Crippen LogP contribution in [0.15, 0.2) is 23.1 Å². The molecular weight excluding hydrogens is 248 g/mol. The Morgan fingerprint density at radius 2 is 2.11 bits per heavy atom. The van der Waals surface area contributed by atoms with Crippen molar-refractivity contribution in [3.8, 4) is 0 Å². The highest BCUT2D eigenvalue weighted by molar-refractivity contribution is 7.89. The average Bonchev–Trinajstić information content (AvgIpc) is 3.13. The number of nitrogens with one attached hydrogen (secondary N) is 1. The number of aryl methyl sites for hydroxylation is 1. The molecule has 1 fully saturated rings. The Labute approximate surface area is 109 Å². The molecule has 100 valence electrons. The van der Waals surface area contributed by atoms with Crippen LogP contribution in [0.4, 0.5) is 5.69 Å². The van der Waals surface area contributed by atoms with Gasteiger partial charge in [0.1, 0.15) is 0 Å². The van der Waals surface area contributed by atoms with Gasteiger partial charge in [0.05, 0.1) is 4.90 Å². The number of nitrogen functional groups attached to an aromatic ring is 1. The van der Waals surface area contributed by atoms with E-state index in [0.717, 1.165) is 17.9 Å². The van der Waals surface area contributed by atoms with E-state index in [1.165, 1.54) is 18.9 Å². The van der Waals surface area contributed by atoms with Gasteiger partial charge in [-0.05, 0) is 36.5 Å². The van der Waals surface area contributed by atoms with Gasteiger partial charge in [-0.1, -0.05) is 25.8 Å². The fraction of sp³-hybridized carbons (Fsp3) is 0.538. The van der Waals surface area contributed by atoms with Crippen molar-refractivity contribution in [1.29, 1.82) is 0 Å². The highest BCUT2D eigenvalue weighted by Gasteiger charge is 2.23. The van der Waals surface area contributed by atoms with Gasteiger partial charge in [-0.3, -0.25) is 0 Å². The van der Waals surface area contributed by atoms with Gasteiger partial charge < -0.3 is 5.73 Å². The first-order chi connectivity index (χ1) is 8.53. The molecule has 0 unspecified atom stereocenters. The maximum Gasteiger partial charge on any atom is 0.240 e. The van der Waals surface area contributed by atoms with Crippen LogP contribution in [-0.2, 0) is 16.4 Å². The Kier molecular flexibility index (Phi) is 3.92. The zero-order chi connectivity index (χ0) is 13.2. The van der Waals surface area contributed by atoms with E-state index in [-0.39, 0.29) is 0 Å². The van der Waals surface area contributed by atoms with Crippen molar-refractivity contribution in [3.05, 3.63) is 23.8 Å². The van der Waals surface area contributed by atoms with Crippen molar-refractivity contribution in [2.24, 2.45) is 5.92 Å². The smallest absolute Gasteiger partial charge is 0.240 e. The molecule has 2 rings (SSSR count). The molecule has 0 amide bonds. The van der Waals surface area contributed by atoms with Crippen LogP contribution in [0, 0.1) is 5.92 Å². The fourth-order valence-corrected chi connectivity index (χ4v) is 3.39. The molecule has 1 aromatic carbocycles. The second kappa shape index (κ2) is 5.28. The van der Waals surface area contributed by atoms with Crippen LogP contribution in [0.2, 0.25) is 0 Å². The predicted octanol–water partition coefficient (Wildman–Crippen LogP) is 1.91. The summed E-state index contributed by atoms with van der Waals surface area (Å²) in [6, 6.07) is 5.06. The molecule has 0 radical (unpaired) electrons. The second-order valence-corrected chi connectivity index (χ2v) is 6.59. The molecule has 1 saturated carbocycles. The summed E-state index contributed by atoms with van der Waals surface area (Å²) >= 11 is 0. The molecule has 0 spiro atoms. The number of hydrogen-bond acceptors (Lipinski definition) is 3. The predicted molar refractivity (Wildman–Crippen MR) is 72.8 cm³/mol. The molecule has 0 bridgehead atoms. The van der Waals surface area contributed by atoms with Crippen LogP contribution < -0.4 is 10.5 Å². The number of sulfonamides is 1. The zero-order valence-corrected chi connectivity index (χ0v) is 11.5. The van der Waals surface area contributed by atoms with Crippen LogP contribution >= 0.6 is 0 Å². The molecular formula is C13H20N2O2S. The minimum atomic E-state index is -3.42. The molecule has 0 aliphatic heterocycles. The summed E-state index contributed by atoms with van der Waals surface area (Å²) in [5.74, 6) is 0.721. The van der Waals surface area contributed by atoms with Gasteiger partial charge in [-0.2, -0.15) is 0 Å². The third-order valence-corrected chi connectivity index (χ3v) is 4.85. The first kappa shape index (κ1) is 13.4. The van der Waals surface area contributed by atoms with Crippen LogP contribution in [0.1, 0.15) is 31.7 Å². The molecule has 4 nitrogen and oxygen atoms in total. The van der Waals surface area contributed by atoms with Gasteiger partial charge in [0.2, 0.25) is 10.0 Å². The van der Waals surface area contributed by atoms with Crippen molar-refractivity contribution in [2.75, 3.05) is 12.3 Å². The van der Waals surface area contributed by atoms with Crippen molar-refractivity contribution < 1.29 is 8.42 Å². The molecule has 3 N–H and O–H groups in total. The summed E-state index contributed by atoms with van der Waals surface area (Å²) in [4.78, 5) is 0.320. The number of nitrogens with two attached hydrogens (primary N) is 1. The van der Waals surface area contributed by atoms with Crippen molar-refractivity contribution in [2.45, 2.75) is 37.5 Å². The van der Waals surface area contributed by atoms with Gasteiger partial charge >= 0.3 is 0 Å². The van der Waals surface area contributed by atoms with Crippen molar-refractivity contribution in [1.82, 2.24) is 4.72 Å². The van der Waals surface area contributed by atoms with Crippen molar-refractivity contribution >= 4 is 15.7 Å².